The van der Waals surface area contributed by atoms with E-state index in [1.165, 1.54) is 6.42 Å². The van der Waals surface area contributed by atoms with Crippen LogP contribution in [0.1, 0.15) is 30.4 Å². The van der Waals surface area contributed by atoms with Gasteiger partial charge in [0, 0.05) is 26.1 Å². The van der Waals surface area contributed by atoms with E-state index in [9.17, 15) is 4.79 Å². The maximum atomic E-state index is 11.8. The summed E-state index contributed by atoms with van der Waals surface area (Å²) in [7, 11) is 1.68. The normalized spacial score (nSPS) is 17.6. The smallest absolute Gasteiger partial charge is 0.221 e. The number of benzene rings is 1. The molecule has 1 fully saturated rings. The summed E-state index contributed by atoms with van der Waals surface area (Å²) in [6.07, 6.45) is 2.87. The van der Waals surface area contributed by atoms with Gasteiger partial charge in [-0.2, -0.15) is 0 Å². The highest BCUT2D eigenvalue weighted by molar-refractivity contribution is 5.85. The van der Waals surface area contributed by atoms with Gasteiger partial charge in [0.05, 0.1) is 6.61 Å². The lowest BCUT2D eigenvalue weighted by Gasteiger charge is -2.11. The highest BCUT2D eigenvalue weighted by Crippen LogP contribution is 2.09. The van der Waals surface area contributed by atoms with Gasteiger partial charge >= 0.3 is 0 Å². The molecule has 4 nitrogen and oxygen atoms in total. The predicted octanol–water partition coefficient (Wildman–Crippen LogP) is 2.01. The van der Waals surface area contributed by atoms with Crippen molar-refractivity contribution in [3.63, 3.8) is 0 Å². The quantitative estimate of drug-likeness (QED) is 0.845. The summed E-state index contributed by atoms with van der Waals surface area (Å²) in [5.74, 6) is 0.122. The second-order valence-electron chi connectivity index (χ2n) is 5.03. The van der Waals surface area contributed by atoms with Crippen molar-refractivity contribution in [1.82, 2.24) is 10.6 Å². The fraction of sp³-hybridized carbons (Fsp3) is 0.533. The fourth-order valence-corrected chi connectivity index (χ4v) is 2.42. The second-order valence-corrected chi connectivity index (χ2v) is 5.03. The van der Waals surface area contributed by atoms with E-state index in [1.54, 1.807) is 7.11 Å². The molecule has 2 N–H and O–H groups in total. The summed E-state index contributed by atoms with van der Waals surface area (Å²) in [6.45, 7) is 2.23. The summed E-state index contributed by atoms with van der Waals surface area (Å²) in [4.78, 5) is 11.8. The molecule has 0 radical (unpaired) electrons. The Labute approximate surface area is 126 Å². The maximum absolute atomic E-state index is 11.8. The highest BCUT2D eigenvalue weighted by Gasteiger charge is 2.17. The Balaban J connectivity index is 0.00000200. The molecule has 1 amide bonds. The number of halogens is 1. The van der Waals surface area contributed by atoms with Gasteiger partial charge in [-0.05, 0) is 30.5 Å². The first-order chi connectivity index (χ1) is 9.28. The van der Waals surface area contributed by atoms with Crippen LogP contribution in [0, 0.1) is 0 Å². The van der Waals surface area contributed by atoms with Crippen LogP contribution in [0.5, 0.6) is 0 Å². The van der Waals surface area contributed by atoms with Crippen molar-refractivity contribution >= 4 is 18.3 Å². The Morgan fingerprint density at radius 2 is 2.25 bits per heavy atom. The van der Waals surface area contributed by atoms with Gasteiger partial charge in [-0.25, -0.2) is 0 Å². The SMILES string of the molecule is COCc1cccc(CNC(=O)CC2CCCN2)c1.Cl. The summed E-state index contributed by atoms with van der Waals surface area (Å²) in [5.41, 5.74) is 2.24. The Hall–Kier alpha value is -1.10. The lowest BCUT2D eigenvalue weighted by Crippen LogP contribution is -2.31. The molecule has 112 valence electrons. The van der Waals surface area contributed by atoms with E-state index >= 15 is 0 Å². The molecule has 1 atom stereocenters. The molecule has 20 heavy (non-hydrogen) atoms. The molecule has 0 saturated carbocycles. The van der Waals surface area contributed by atoms with Gasteiger partial charge < -0.3 is 15.4 Å². The van der Waals surface area contributed by atoms with Gasteiger partial charge in [-0.3, -0.25) is 4.79 Å². The zero-order valence-electron chi connectivity index (χ0n) is 11.9. The van der Waals surface area contributed by atoms with Gasteiger partial charge in [0.2, 0.25) is 5.91 Å². The number of rotatable bonds is 6. The number of amides is 1. The molecule has 2 rings (SSSR count). The third kappa shape index (κ3) is 5.49. The number of ether oxygens (including phenoxy) is 1. The predicted molar refractivity (Wildman–Crippen MR) is 81.9 cm³/mol. The monoisotopic (exact) mass is 298 g/mol. The molecular weight excluding hydrogens is 276 g/mol. The van der Waals surface area contributed by atoms with Crippen LogP contribution in [0.2, 0.25) is 0 Å². The molecule has 1 saturated heterocycles. The van der Waals surface area contributed by atoms with Crippen molar-refractivity contribution < 1.29 is 9.53 Å². The van der Waals surface area contributed by atoms with Gasteiger partial charge in [-0.15, -0.1) is 12.4 Å². The van der Waals surface area contributed by atoms with Crippen LogP contribution >= 0.6 is 12.4 Å². The topological polar surface area (TPSA) is 50.4 Å². The summed E-state index contributed by atoms with van der Waals surface area (Å²) >= 11 is 0. The molecule has 5 heteroatoms. The Morgan fingerprint density at radius 3 is 2.95 bits per heavy atom. The Kier molecular flexibility index (Phi) is 7.59. The summed E-state index contributed by atoms with van der Waals surface area (Å²) in [5, 5.41) is 6.31. The lowest BCUT2D eigenvalue weighted by atomic mass is 10.1. The molecule has 1 heterocycles. The number of methoxy groups -OCH3 is 1. The molecule has 1 aliphatic heterocycles. The van der Waals surface area contributed by atoms with Crippen molar-refractivity contribution in [2.24, 2.45) is 0 Å². The van der Waals surface area contributed by atoms with E-state index in [-0.39, 0.29) is 18.3 Å². The van der Waals surface area contributed by atoms with Crippen molar-refractivity contribution in [3.05, 3.63) is 35.4 Å². The number of hydrogen-bond donors (Lipinski definition) is 2. The van der Waals surface area contributed by atoms with Gasteiger partial charge in [-0.1, -0.05) is 24.3 Å². The van der Waals surface area contributed by atoms with E-state index in [4.69, 9.17) is 4.74 Å². The number of carbonyl (C=O) groups excluding carboxylic acids is 1. The number of carbonyl (C=O) groups is 1. The van der Waals surface area contributed by atoms with Crippen LogP contribution in [0.15, 0.2) is 24.3 Å². The third-order valence-electron chi connectivity index (χ3n) is 3.39. The van der Waals surface area contributed by atoms with E-state index in [2.05, 4.69) is 16.7 Å². The molecule has 1 unspecified atom stereocenters. The van der Waals surface area contributed by atoms with E-state index in [0.717, 1.165) is 24.1 Å². The van der Waals surface area contributed by atoms with Crippen molar-refractivity contribution in [1.29, 1.82) is 0 Å². The largest absolute Gasteiger partial charge is 0.380 e. The maximum Gasteiger partial charge on any atom is 0.221 e. The second kappa shape index (κ2) is 8.95. The third-order valence-corrected chi connectivity index (χ3v) is 3.39. The fourth-order valence-electron chi connectivity index (χ4n) is 2.42. The molecule has 0 spiro atoms. The zero-order chi connectivity index (χ0) is 13.5. The van der Waals surface area contributed by atoms with Gasteiger partial charge in [0.15, 0.2) is 0 Å². The molecule has 1 aromatic rings. The molecule has 0 aliphatic carbocycles. The van der Waals surface area contributed by atoms with Crippen LogP contribution in [0.25, 0.3) is 0 Å². The minimum Gasteiger partial charge on any atom is -0.380 e. The van der Waals surface area contributed by atoms with Gasteiger partial charge in [0.1, 0.15) is 0 Å². The van der Waals surface area contributed by atoms with E-state index < -0.39 is 0 Å². The van der Waals surface area contributed by atoms with E-state index in [1.807, 2.05) is 18.2 Å². The highest BCUT2D eigenvalue weighted by atomic mass is 35.5. The van der Waals surface area contributed by atoms with Crippen LogP contribution in [0.4, 0.5) is 0 Å². The zero-order valence-corrected chi connectivity index (χ0v) is 12.7. The average molecular weight is 299 g/mol. The first-order valence-corrected chi connectivity index (χ1v) is 6.85. The van der Waals surface area contributed by atoms with Crippen LogP contribution in [-0.2, 0) is 22.7 Å². The van der Waals surface area contributed by atoms with Crippen LogP contribution in [0.3, 0.4) is 0 Å². The minimum atomic E-state index is 0. The molecule has 0 bridgehead atoms. The lowest BCUT2D eigenvalue weighted by molar-refractivity contribution is -0.121. The van der Waals surface area contributed by atoms with Crippen molar-refractivity contribution in [2.45, 2.75) is 38.5 Å². The molecule has 1 aliphatic rings. The first kappa shape index (κ1) is 17.0. The minimum absolute atomic E-state index is 0. The molecule has 0 aromatic heterocycles. The Morgan fingerprint density at radius 1 is 1.45 bits per heavy atom. The van der Waals surface area contributed by atoms with E-state index in [0.29, 0.717) is 25.6 Å². The first-order valence-electron chi connectivity index (χ1n) is 6.85. The van der Waals surface area contributed by atoms with Gasteiger partial charge in [0.25, 0.3) is 0 Å². The van der Waals surface area contributed by atoms with Crippen molar-refractivity contribution in [2.75, 3.05) is 13.7 Å². The number of hydrogen-bond acceptors (Lipinski definition) is 3. The van der Waals surface area contributed by atoms with Crippen LogP contribution < -0.4 is 10.6 Å². The average Bonchev–Trinajstić information content (AvgIpc) is 2.90. The molecular formula is C15H23ClN2O2. The van der Waals surface area contributed by atoms with Crippen molar-refractivity contribution in [3.8, 4) is 0 Å². The Bertz CT molecular complexity index is 420. The number of nitrogens with one attached hydrogen (secondary N) is 2. The summed E-state index contributed by atoms with van der Waals surface area (Å²) in [6, 6.07) is 8.47. The summed E-state index contributed by atoms with van der Waals surface area (Å²) < 4.78 is 5.10. The molecule has 1 aromatic carbocycles. The standard InChI is InChI=1S/C15H22N2O2.ClH/c1-19-11-13-5-2-4-12(8-13)10-17-15(18)9-14-6-3-7-16-14;/h2,4-5,8,14,16H,3,6-7,9-11H2,1H3,(H,17,18);1H. The van der Waals surface area contributed by atoms with Crippen LogP contribution in [-0.4, -0.2) is 25.6 Å².